The van der Waals surface area contributed by atoms with Gasteiger partial charge in [0.25, 0.3) is 0 Å². The van der Waals surface area contributed by atoms with Gasteiger partial charge in [-0.3, -0.25) is 14.5 Å². The molecule has 0 spiro atoms. The van der Waals surface area contributed by atoms with Gasteiger partial charge in [0, 0.05) is 51.2 Å². The molecule has 2 bridgehead atoms. The lowest BCUT2D eigenvalue weighted by Gasteiger charge is -2.45. The first-order chi connectivity index (χ1) is 13.1. The van der Waals surface area contributed by atoms with E-state index in [4.69, 9.17) is 10.5 Å². The van der Waals surface area contributed by atoms with Crippen LogP contribution in [0.1, 0.15) is 32.1 Å². The van der Waals surface area contributed by atoms with Crippen molar-refractivity contribution in [2.24, 2.45) is 23.5 Å². The average molecular weight is 451 g/mol. The minimum absolute atomic E-state index is 0. The molecule has 7 nitrogen and oxygen atoms in total. The Labute approximate surface area is 186 Å². The van der Waals surface area contributed by atoms with Crippen LogP contribution in [0.25, 0.3) is 0 Å². The van der Waals surface area contributed by atoms with Gasteiger partial charge in [-0.05, 0) is 37.5 Å². The number of halogens is 2. The number of morpholine rings is 1. The third-order valence-corrected chi connectivity index (χ3v) is 7.17. The highest BCUT2D eigenvalue weighted by Gasteiger charge is 2.42. The van der Waals surface area contributed by atoms with Gasteiger partial charge in [-0.25, -0.2) is 0 Å². The van der Waals surface area contributed by atoms with Crippen molar-refractivity contribution in [2.75, 3.05) is 59.0 Å². The Bertz CT molecular complexity index is 540. The summed E-state index contributed by atoms with van der Waals surface area (Å²) in [6, 6.07) is 0.303. The minimum atomic E-state index is 0. The van der Waals surface area contributed by atoms with Gasteiger partial charge in [-0.1, -0.05) is 6.42 Å². The van der Waals surface area contributed by atoms with Crippen molar-refractivity contribution in [3.63, 3.8) is 0 Å². The van der Waals surface area contributed by atoms with Gasteiger partial charge >= 0.3 is 0 Å². The fourth-order valence-electron chi connectivity index (χ4n) is 5.48. The molecule has 2 unspecified atom stereocenters. The van der Waals surface area contributed by atoms with Gasteiger partial charge in [-0.2, -0.15) is 0 Å². The number of carbonyl (C=O) groups is 2. The number of fused-ring (bicyclic) bond motifs is 2. The first-order valence-electron chi connectivity index (χ1n) is 10.7. The van der Waals surface area contributed by atoms with Crippen LogP contribution in [0.15, 0.2) is 0 Å². The molecule has 4 fully saturated rings. The molecule has 168 valence electrons. The second kappa shape index (κ2) is 11.1. The largest absolute Gasteiger partial charge is 0.379 e. The Balaban J connectivity index is 0.00000150. The minimum Gasteiger partial charge on any atom is -0.379 e. The van der Waals surface area contributed by atoms with Crippen LogP contribution < -0.4 is 5.73 Å². The van der Waals surface area contributed by atoms with E-state index in [2.05, 4.69) is 4.90 Å². The first-order valence-corrected chi connectivity index (χ1v) is 10.7. The predicted octanol–water partition coefficient (Wildman–Crippen LogP) is 0.987. The molecule has 2 heterocycles. The number of amides is 2. The zero-order chi connectivity index (χ0) is 18.8. The highest BCUT2D eigenvalue weighted by Crippen LogP contribution is 2.42. The average Bonchev–Trinajstić information content (AvgIpc) is 2.68. The summed E-state index contributed by atoms with van der Waals surface area (Å²) in [4.78, 5) is 31.7. The number of carbonyl (C=O) groups excluding carboxylic acids is 2. The van der Waals surface area contributed by atoms with Crippen molar-refractivity contribution in [1.29, 1.82) is 0 Å². The molecule has 4 rings (SSSR count). The first kappa shape index (κ1) is 24.7. The van der Waals surface area contributed by atoms with Crippen LogP contribution in [0, 0.1) is 17.8 Å². The molecule has 2 amide bonds. The predicted molar refractivity (Wildman–Crippen MR) is 116 cm³/mol. The van der Waals surface area contributed by atoms with Crippen molar-refractivity contribution in [2.45, 2.75) is 38.1 Å². The Hall–Kier alpha value is -0.600. The molecule has 2 saturated heterocycles. The maximum absolute atomic E-state index is 13.0. The van der Waals surface area contributed by atoms with Gasteiger partial charge < -0.3 is 20.3 Å². The molecule has 0 aromatic carbocycles. The zero-order valence-corrected chi connectivity index (χ0v) is 18.8. The van der Waals surface area contributed by atoms with Crippen LogP contribution in [0.5, 0.6) is 0 Å². The molecular formula is C20H36Cl2N4O3. The summed E-state index contributed by atoms with van der Waals surface area (Å²) in [6.45, 7) is 6.22. The molecule has 4 aliphatic rings. The molecule has 9 heteroatoms. The molecule has 2 aliphatic carbocycles. The number of rotatable bonds is 3. The van der Waals surface area contributed by atoms with Crippen molar-refractivity contribution in [3.05, 3.63) is 0 Å². The lowest BCUT2D eigenvalue weighted by Crippen LogP contribution is -2.55. The SMILES string of the molecule is Cl.Cl.NC1C2CCCC1CC(C(=O)N1CCN(C(=O)CN3CCOCC3)CC1)C2. The van der Waals surface area contributed by atoms with E-state index in [-0.39, 0.29) is 36.6 Å². The van der Waals surface area contributed by atoms with Crippen molar-refractivity contribution >= 4 is 36.6 Å². The van der Waals surface area contributed by atoms with Crippen LogP contribution in [0.2, 0.25) is 0 Å². The van der Waals surface area contributed by atoms with E-state index in [1.807, 2.05) is 9.80 Å². The number of piperazine rings is 1. The summed E-state index contributed by atoms with van der Waals surface area (Å²) in [5.41, 5.74) is 6.37. The molecule has 2 saturated carbocycles. The highest BCUT2D eigenvalue weighted by atomic mass is 35.5. The number of ether oxygens (including phenoxy) is 1. The van der Waals surface area contributed by atoms with Crippen molar-refractivity contribution in [1.82, 2.24) is 14.7 Å². The van der Waals surface area contributed by atoms with E-state index in [0.29, 0.717) is 69.7 Å². The van der Waals surface area contributed by atoms with E-state index in [1.54, 1.807) is 0 Å². The van der Waals surface area contributed by atoms with Gasteiger partial charge in [0.1, 0.15) is 0 Å². The molecule has 0 aromatic rings. The third-order valence-electron chi connectivity index (χ3n) is 7.17. The third kappa shape index (κ3) is 5.76. The monoisotopic (exact) mass is 450 g/mol. The fraction of sp³-hybridized carbons (Fsp3) is 0.900. The lowest BCUT2D eigenvalue weighted by molar-refractivity contribution is -0.145. The summed E-state index contributed by atoms with van der Waals surface area (Å²) in [7, 11) is 0. The molecule has 0 aromatic heterocycles. The second-order valence-corrected chi connectivity index (χ2v) is 8.79. The van der Waals surface area contributed by atoms with E-state index < -0.39 is 0 Å². The Morgan fingerprint density at radius 2 is 1.41 bits per heavy atom. The molecule has 0 radical (unpaired) electrons. The lowest BCUT2D eigenvalue weighted by atomic mass is 9.65. The summed E-state index contributed by atoms with van der Waals surface area (Å²) in [6.07, 6.45) is 5.57. The van der Waals surface area contributed by atoms with E-state index >= 15 is 0 Å². The number of hydrogen-bond donors (Lipinski definition) is 1. The van der Waals surface area contributed by atoms with E-state index in [1.165, 1.54) is 19.3 Å². The van der Waals surface area contributed by atoms with Crippen LogP contribution in [-0.4, -0.2) is 91.6 Å². The standard InChI is InChI=1S/C20H34N4O3.2ClH/c21-19-15-2-1-3-16(19)13-17(12-15)20(26)24-6-4-23(5-7-24)18(25)14-22-8-10-27-11-9-22;;/h15-17,19H,1-14,21H2;2*1H. The molecular weight excluding hydrogens is 415 g/mol. The van der Waals surface area contributed by atoms with Crippen LogP contribution >= 0.6 is 24.8 Å². The Kier molecular flexibility index (Phi) is 9.48. The van der Waals surface area contributed by atoms with Gasteiger partial charge in [0.05, 0.1) is 19.8 Å². The normalized spacial score (nSPS) is 32.7. The van der Waals surface area contributed by atoms with Crippen LogP contribution in [0.3, 0.4) is 0 Å². The number of nitrogens with two attached hydrogens (primary N) is 1. The van der Waals surface area contributed by atoms with Crippen molar-refractivity contribution < 1.29 is 14.3 Å². The maximum Gasteiger partial charge on any atom is 0.236 e. The van der Waals surface area contributed by atoms with Gasteiger partial charge in [-0.15, -0.1) is 24.8 Å². The van der Waals surface area contributed by atoms with Crippen LogP contribution in [-0.2, 0) is 14.3 Å². The highest BCUT2D eigenvalue weighted by molar-refractivity contribution is 5.85. The summed E-state index contributed by atoms with van der Waals surface area (Å²) < 4.78 is 5.34. The molecule has 29 heavy (non-hydrogen) atoms. The van der Waals surface area contributed by atoms with Crippen LogP contribution in [0.4, 0.5) is 0 Å². The van der Waals surface area contributed by atoms with Crippen molar-refractivity contribution in [3.8, 4) is 0 Å². The van der Waals surface area contributed by atoms with Gasteiger partial charge in [0.2, 0.25) is 11.8 Å². The van der Waals surface area contributed by atoms with Gasteiger partial charge in [0.15, 0.2) is 0 Å². The smallest absolute Gasteiger partial charge is 0.236 e. The Morgan fingerprint density at radius 1 is 0.862 bits per heavy atom. The number of nitrogens with zero attached hydrogens (tertiary/aromatic N) is 3. The fourth-order valence-corrected chi connectivity index (χ4v) is 5.48. The second-order valence-electron chi connectivity index (χ2n) is 8.79. The quantitative estimate of drug-likeness (QED) is 0.693. The molecule has 2 N–H and O–H groups in total. The summed E-state index contributed by atoms with van der Waals surface area (Å²) in [5.74, 6) is 1.70. The number of hydrogen-bond acceptors (Lipinski definition) is 5. The zero-order valence-electron chi connectivity index (χ0n) is 17.2. The topological polar surface area (TPSA) is 79.1 Å². The molecule has 2 atom stereocenters. The maximum atomic E-state index is 13.0. The summed E-state index contributed by atoms with van der Waals surface area (Å²) in [5, 5.41) is 0. The van der Waals surface area contributed by atoms with E-state index in [0.717, 1.165) is 25.9 Å². The summed E-state index contributed by atoms with van der Waals surface area (Å²) >= 11 is 0. The molecule has 2 aliphatic heterocycles. The van der Waals surface area contributed by atoms with E-state index in [9.17, 15) is 9.59 Å². The Morgan fingerprint density at radius 3 is 2.00 bits per heavy atom.